The molecule has 0 radical (unpaired) electrons. The van der Waals surface area contributed by atoms with Crippen molar-refractivity contribution in [3.05, 3.63) is 70.7 Å². The summed E-state index contributed by atoms with van der Waals surface area (Å²) in [5.41, 5.74) is 4.34. The molecule has 0 bridgehead atoms. The van der Waals surface area contributed by atoms with Crippen LogP contribution < -0.4 is 10.6 Å². The topological polar surface area (TPSA) is 96.5 Å². The summed E-state index contributed by atoms with van der Waals surface area (Å²) in [6.07, 6.45) is 1.49. The Hall–Kier alpha value is -4.01. The number of amides is 2. The van der Waals surface area contributed by atoms with E-state index < -0.39 is 11.4 Å². The van der Waals surface area contributed by atoms with Gasteiger partial charge in [0.15, 0.2) is 17.5 Å². The normalized spacial score (nSPS) is 14.7. The molecular formula is C26H26FN5O3. The van der Waals surface area contributed by atoms with Crippen LogP contribution in [0.3, 0.4) is 0 Å². The van der Waals surface area contributed by atoms with Gasteiger partial charge < -0.3 is 15.4 Å². The van der Waals surface area contributed by atoms with Gasteiger partial charge in [-0.05, 0) is 68.1 Å². The molecule has 0 saturated heterocycles. The number of benzene rings is 2. The molecule has 5 rings (SSSR count). The van der Waals surface area contributed by atoms with Gasteiger partial charge in [0, 0.05) is 36.4 Å². The van der Waals surface area contributed by atoms with E-state index in [9.17, 15) is 14.0 Å². The SMILES string of the molecule is CC(C)(C)OC(=O)N1Cc2ccc(-c3ncc(F)c(Nc4ccc5c(c4)CCNC5=O)n3)cc2C1. The molecule has 2 aliphatic heterocycles. The summed E-state index contributed by atoms with van der Waals surface area (Å²) in [6, 6.07) is 11.0. The van der Waals surface area contributed by atoms with Gasteiger partial charge in [0.1, 0.15) is 5.60 Å². The highest BCUT2D eigenvalue weighted by Crippen LogP contribution is 2.30. The summed E-state index contributed by atoms with van der Waals surface area (Å²) in [5.74, 6) is -0.271. The summed E-state index contributed by atoms with van der Waals surface area (Å²) in [6.45, 7) is 6.98. The van der Waals surface area contributed by atoms with Gasteiger partial charge in [0.05, 0.1) is 6.20 Å². The third-order valence-electron chi connectivity index (χ3n) is 5.88. The van der Waals surface area contributed by atoms with E-state index in [0.29, 0.717) is 43.1 Å². The Morgan fingerprint density at radius 2 is 1.91 bits per heavy atom. The van der Waals surface area contributed by atoms with Gasteiger partial charge in [-0.15, -0.1) is 0 Å². The van der Waals surface area contributed by atoms with Crippen LogP contribution in [-0.2, 0) is 24.2 Å². The van der Waals surface area contributed by atoms with Crippen molar-refractivity contribution in [3.8, 4) is 11.4 Å². The van der Waals surface area contributed by atoms with Crippen LogP contribution in [-0.4, -0.2) is 39.0 Å². The van der Waals surface area contributed by atoms with E-state index in [1.807, 2.05) is 45.0 Å². The van der Waals surface area contributed by atoms with Crippen molar-refractivity contribution < 1.29 is 18.7 Å². The Kier molecular flexibility index (Phi) is 5.62. The Labute approximate surface area is 202 Å². The number of hydrogen-bond acceptors (Lipinski definition) is 6. The Morgan fingerprint density at radius 3 is 2.71 bits per heavy atom. The number of rotatable bonds is 3. The Bertz CT molecular complexity index is 1340. The maximum atomic E-state index is 14.6. The molecule has 35 heavy (non-hydrogen) atoms. The smallest absolute Gasteiger partial charge is 0.410 e. The van der Waals surface area contributed by atoms with Crippen molar-refractivity contribution in [1.82, 2.24) is 20.2 Å². The van der Waals surface area contributed by atoms with Crippen LogP contribution in [0, 0.1) is 5.82 Å². The van der Waals surface area contributed by atoms with Crippen LogP contribution in [0.1, 0.15) is 47.8 Å². The predicted octanol–water partition coefficient (Wildman–Crippen LogP) is 4.56. The van der Waals surface area contributed by atoms with Gasteiger partial charge in [0.25, 0.3) is 5.91 Å². The van der Waals surface area contributed by atoms with Crippen molar-refractivity contribution >= 4 is 23.5 Å². The quantitative estimate of drug-likeness (QED) is 0.576. The molecule has 2 aromatic carbocycles. The van der Waals surface area contributed by atoms with E-state index in [1.54, 1.807) is 17.0 Å². The number of carbonyl (C=O) groups is 2. The second-order valence-electron chi connectivity index (χ2n) is 9.71. The highest BCUT2D eigenvalue weighted by atomic mass is 19.1. The second-order valence-corrected chi connectivity index (χ2v) is 9.71. The number of fused-ring (bicyclic) bond motifs is 2. The molecular weight excluding hydrogens is 449 g/mol. The molecule has 2 amide bonds. The molecule has 8 nitrogen and oxygen atoms in total. The van der Waals surface area contributed by atoms with Crippen LogP contribution in [0.2, 0.25) is 0 Å². The van der Waals surface area contributed by atoms with Crippen LogP contribution in [0.4, 0.5) is 20.7 Å². The molecule has 2 N–H and O–H groups in total. The molecule has 2 aliphatic rings. The highest BCUT2D eigenvalue weighted by Gasteiger charge is 2.28. The summed E-state index contributed by atoms with van der Waals surface area (Å²) in [7, 11) is 0. The average molecular weight is 476 g/mol. The molecule has 0 atom stereocenters. The summed E-state index contributed by atoms with van der Waals surface area (Å²) >= 11 is 0. The van der Waals surface area contributed by atoms with Crippen molar-refractivity contribution in [2.45, 2.75) is 45.9 Å². The van der Waals surface area contributed by atoms with E-state index in [-0.39, 0.29) is 17.8 Å². The predicted molar refractivity (Wildman–Crippen MR) is 129 cm³/mol. The van der Waals surface area contributed by atoms with Crippen LogP contribution in [0.25, 0.3) is 11.4 Å². The standard InChI is InChI=1S/C26H26FN5O3/c1-26(2,3)35-25(34)32-13-17-5-4-16(10-18(17)14-32)22-29-12-21(27)23(31-22)30-19-6-7-20-15(11-19)8-9-28-24(20)33/h4-7,10-12H,8-9,13-14H2,1-3H3,(H,28,33)(H,29,30,31). The molecule has 0 aliphatic carbocycles. The summed E-state index contributed by atoms with van der Waals surface area (Å²) < 4.78 is 20.0. The molecule has 3 heterocycles. The second kappa shape index (κ2) is 8.65. The van der Waals surface area contributed by atoms with Gasteiger partial charge in [-0.25, -0.2) is 19.2 Å². The minimum atomic E-state index is -0.582. The number of nitrogens with one attached hydrogen (secondary N) is 2. The lowest BCUT2D eigenvalue weighted by molar-refractivity contribution is 0.0241. The van der Waals surface area contributed by atoms with E-state index >= 15 is 0 Å². The van der Waals surface area contributed by atoms with Gasteiger partial charge in [0.2, 0.25) is 0 Å². The van der Waals surface area contributed by atoms with Crippen molar-refractivity contribution in [2.24, 2.45) is 0 Å². The van der Waals surface area contributed by atoms with Crippen LogP contribution in [0.5, 0.6) is 0 Å². The van der Waals surface area contributed by atoms with E-state index in [2.05, 4.69) is 20.6 Å². The maximum absolute atomic E-state index is 14.6. The minimum Gasteiger partial charge on any atom is -0.444 e. The van der Waals surface area contributed by atoms with E-state index in [1.165, 1.54) is 0 Å². The summed E-state index contributed by atoms with van der Waals surface area (Å²) in [4.78, 5) is 34.7. The number of aromatic nitrogens is 2. The fraction of sp³-hybridized carbons (Fsp3) is 0.308. The zero-order valence-electron chi connectivity index (χ0n) is 19.8. The van der Waals surface area contributed by atoms with Gasteiger partial charge in [-0.3, -0.25) is 9.69 Å². The number of anilines is 2. The van der Waals surface area contributed by atoms with Crippen molar-refractivity contribution in [1.29, 1.82) is 0 Å². The molecule has 0 fully saturated rings. The fourth-order valence-corrected chi connectivity index (χ4v) is 4.23. The zero-order chi connectivity index (χ0) is 24.7. The number of nitrogens with zero attached hydrogens (tertiary/aromatic N) is 3. The van der Waals surface area contributed by atoms with Gasteiger partial charge >= 0.3 is 6.09 Å². The lowest BCUT2D eigenvalue weighted by Crippen LogP contribution is -2.33. The van der Waals surface area contributed by atoms with Crippen LogP contribution >= 0.6 is 0 Å². The van der Waals surface area contributed by atoms with E-state index in [4.69, 9.17) is 4.74 Å². The minimum absolute atomic E-state index is 0.0473. The lowest BCUT2D eigenvalue weighted by atomic mass is 10.00. The first kappa shape index (κ1) is 22.8. The zero-order valence-corrected chi connectivity index (χ0v) is 19.8. The number of halogens is 1. The first-order valence-corrected chi connectivity index (χ1v) is 11.5. The molecule has 1 aromatic heterocycles. The van der Waals surface area contributed by atoms with E-state index in [0.717, 1.165) is 28.5 Å². The first-order chi connectivity index (χ1) is 16.7. The van der Waals surface area contributed by atoms with Gasteiger partial charge in [-0.2, -0.15) is 0 Å². The van der Waals surface area contributed by atoms with Gasteiger partial charge in [-0.1, -0.05) is 12.1 Å². The Morgan fingerprint density at radius 1 is 1.11 bits per heavy atom. The summed E-state index contributed by atoms with van der Waals surface area (Å²) in [5, 5.41) is 5.83. The molecule has 0 spiro atoms. The molecule has 3 aromatic rings. The fourth-order valence-electron chi connectivity index (χ4n) is 4.23. The molecule has 9 heteroatoms. The molecule has 0 unspecified atom stereocenters. The largest absolute Gasteiger partial charge is 0.444 e. The lowest BCUT2D eigenvalue weighted by Gasteiger charge is -2.24. The van der Waals surface area contributed by atoms with Crippen molar-refractivity contribution in [2.75, 3.05) is 11.9 Å². The highest BCUT2D eigenvalue weighted by molar-refractivity contribution is 5.97. The first-order valence-electron chi connectivity index (χ1n) is 11.5. The molecule has 180 valence electrons. The third-order valence-corrected chi connectivity index (χ3v) is 5.88. The molecule has 0 saturated carbocycles. The van der Waals surface area contributed by atoms with Crippen LogP contribution in [0.15, 0.2) is 42.6 Å². The number of hydrogen-bond donors (Lipinski definition) is 2. The number of carbonyl (C=O) groups excluding carboxylic acids is 2. The third kappa shape index (κ3) is 4.80. The average Bonchev–Trinajstić information content (AvgIpc) is 3.23. The number of ether oxygens (including phenoxy) is 1. The maximum Gasteiger partial charge on any atom is 0.410 e. The Balaban J connectivity index is 1.36. The van der Waals surface area contributed by atoms with Crippen molar-refractivity contribution in [3.63, 3.8) is 0 Å². The monoisotopic (exact) mass is 475 g/mol.